The van der Waals surface area contributed by atoms with E-state index in [1.54, 1.807) is 49.9 Å². The fourth-order valence-electron chi connectivity index (χ4n) is 4.75. The lowest BCUT2D eigenvalue weighted by atomic mass is 9.91. The number of cyclic esters (lactones) is 1. The Labute approximate surface area is 252 Å². The number of nitrogens with zero attached hydrogens (tertiary/aromatic N) is 2. The first-order chi connectivity index (χ1) is 20.0. The molecule has 2 aliphatic rings. The van der Waals surface area contributed by atoms with Gasteiger partial charge < -0.3 is 40.0 Å². The summed E-state index contributed by atoms with van der Waals surface area (Å²) in [5.41, 5.74) is 2.73. The number of carboxylic acid groups (broad SMARTS) is 1. The van der Waals surface area contributed by atoms with Gasteiger partial charge in [-0.1, -0.05) is 12.1 Å². The number of rotatable bonds is 12. The molecule has 3 atom stereocenters. The van der Waals surface area contributed by atoms with Gasteiger partial charge in [0.2, 0.25) is 5.54 Å². The normalized spacial score (nSPS) is 20.1. The first-order valence-electron chi connectivity index (χ1n) is 14.6. The van der Waals surface area contributed by atoms with Gasteiger partial charge in [0.15, 0.2) is 6.10 Å². The molecule has 0 radical (unpaired) electrons. The lowest BCUT2D eigenvalue weighted by Gasteiger charge is -2.35. The topological polar surface area (TPSA) is 170 Å². The number of ether oxygens (including phenoxy) is 4. The van der Waals surface area contributed by atoms with Crippen LogP contribution >= 0.6 is 0 Å². The van der Waals surface area contributed by atoms with Crippen molar-refractivity contribution in [1.29, 1.82) is 0 Å². The van der Waals surface area contributed by atoms with E-state index in [1.807, 2.05) is 20.8 Å². The van der Waals surface area contributed by atoms with Crippen LogP contribution in [0, 0.1) is 0 Å². The molecule has 2 aliphatic heterocycles. The molecule has 0 saturated carbocycles. The van der Waals surface area contributed by atoms with Gasteiger partial charge in [0.25, 0.3) is 0 Å². The molecule has 2 heterocycles. The van der Waals surface area contributed by atoms with Gasteiger partial charge in [-0.2, -0.15) is 0 Å². The summed E-state index contributed by atoms with van der Waals surface area (Å²) in [6.45, 7) is 14.1. The largest absolute Gasteiger partial charge is 0.490 e. The van der Waals surface area contributed by atoms with E-state index in [9.17, 15) is 24.3 Å². The van der Waals surface area contributed by atoms with E-state index >= 15 is 0 Å². The molecule has 4 N–H and O–H groups in total. The molecule has 13 nitrogen and oxygen atoms in total. The number of carbonyl (C=O) groups is 4. The van der Waals surface area contributed by atoms with Crippen LogP contribution in [-0.4, -0.2) is 114 Å². The van der Waals surface area contributed by atoms with Crippen molar-refractivity contribution in [3.05, 3.63) is 29.8 Å². The second-order valence-corrected chi connectivity index (χ2v) is 13.0. The molecular formula is C30H46N4O9. The number of piperazine rings is 1. The smallest absolute Gasteiger partial charge is 0.410 e. The number of nitrogens with one attached hydrogen (secondary N) is 1. The van der Waals surface area contributed by atoms with E-state index in [0.29, 0.717) is 43.9 Å². The number of carboxylic acids is 1. The van der Waals surface area contributed by atoms with Gasteiger partial charge in [-0.25, -0.2) is 14.4 Å². The number of aliphatic carboxylic acids is 1. The number of carbonyl (C=O) groups excluding carboxylic acids is 3. The van der Waals surface area contributed by atoms with Crippen LogP contribution in [0.15, 0.2) is 24.3 Å². The van der Waals surface area contributed by atoms with Crippen molar-refractivity contribution >= 4 is 24.0 Å². The maximum atomic E-state index is 13.0. The van der Waals surface area contributed by atoms with Crippen molar-refractivity contribution < 1.29 is 43.2 Å². The van der Waals surface area contributed by atoms with E-state index < -0.39 is 46.9 Å². The van der Waals surface area contributed by atoms with Crippen molar-refractivity contribution in [3.63, 3.8) is 0 Å². The van der Waals surface area contributed by atoms with Gasteiger partial charge in [0.05, 0.1) is 6.54 Å². The highest BCUT2D eigenvalue weighted by molar-refractivity contribution is 6.04. The molecule has 240 valence electrons. The highest BCUT2D eigenvalue weighted by Gasteiger charge is 2.45. The molecule has 1 aromatic carbocycles. The van der Waals surface area contributed by atoms with Gasteiger partial charge in [-0.3, -0.25) is 9.69 Å². The predicted octanol–water partition coefficient (Wildman–Crippen LogP) is 1.56. The second-order valence-electron chi connectivity index (χ2n) is 13.0. The lowest BCUT2D eigenvalue weighted by Crippen LogP contribution is -2.58. The third-order valence-electron chi connectivity index (χ3n) is 6.88. The Bertz CT molecular complexity index is 1140. The Morgan fingerprint density at radius 3 is 2.21 bits per heavy atom. The summed E-state index contributed by atoms with van der Waals surface area (Å²) in [6.07, 6.45) is -0.837. The molecule has 3 unspecified atom stereocenters. The fraction of sp³-hybridized carbons (Fsp3) is 0.667. The monoisotopic (exact) mass is 606 g/mol. The highest BCUT2D eigenvalue weighted by Crippen LogP contribution is 2.22. The van der Waals surface area contributed by atoms with Crippen molar-refractivity contribution in [2.75, 3.05) is 45.9 Å². The van der Waals surface area contributed by atoms with Crippen molar-refractivity contribution in [3.8, 4) is 5.75 Å². The first-order valence-corrected chi connectivity index (χ1v) is 14.6. The van der Waals surface area contributed by atoms with Crippen LogP contribution in [0.3, 0.4) is 0 Å². The molecule has 1 aromatic rings. The average molecular weight is 607 g/mol. The standard InChI is InChI=1S/C30H46N4O9/c1-28(2,3)42-24(35)23(33-15-12-32-13-16-33)11-14-34-18-22(41-27(34)39)19-40-21-9-7-20(8-10-21)17-30(31,25(36)37)26(38)43-29(4,5)6/h7-10,22-23,32H,11-19,31H2,1-6H3,(H,36,37). The van der Waals surface area contributed by atoms with E-state index in [2.05, 4.69) is 10.2 Å². The SMILES string of the molecule is CC(C)(C)OC(=O)C(CCN1CC(COc2ccc(CC(N)(C(=O)O)C(=O)OC(C)(C)C)cc2)OC1=O)N1CCNCC1. The third kappa shape index (κ3) is 10.1. The number of hydrogen-bond acceptors (Lipinski definition) is 11. The van der Waals surface area contributed by atoms with Gasteiger partial charge >= 0.3 is 24.0 Å². The summed E-state index contributed by atoms with van der Waals surface area (Å²) in [4.78, 5) is 53.6. The molecule has 2 saturated heterocycles. The number of benzene rings is 1. The van der Waals surface area contributed by atoms with Crippen LogP contribution in [-0.2, 0) is 35.0 Å². The van der Waals surface area contributed by atoms with Gasteiger partial charge in [0, 0.05) is 39.1 Å². The predicted molar refractivity (Wildman–Crippen MR) is 157 cm³/mol. The zero-order valence-corrected chi connectivity index (χ0v) is 26.0. The lowest BCUT2D eigenvalue weighted by molar-refractivity contribution is -0.169. The van der Waals surface area contributed by atoms with E-state index in [4.69, 9.17) is 24.7 Å². The van der Waals surface area contributed by atoms with Crippen LogP contribution < -0.4 is 15.8 Å². The van der Waals surface area contributed by atoms with Gasteiger partial charge in [0.1, 0.15) is 29.6 Å². The molecule has 0 spiro atoms. The number of nitrogens with two attached hydrogens (primary N) is 1. The average Bonchev–Trinajstić information content (AvgIpc) is 3.26. The Morgan fingerprint density at radius 1 is 1.05 bits per heavy atom. The number of esters is 2. The maximum Gasteiger partial charge on any atom is 0.410 e. The zero-order chi connectivity index (χ0) is 32.0. The third-order valence-corrected chi connectivity index (χ3v) is 6.88. The van der Waals surface area contributed by atoms with E-state index in [-0.39, 0.29) is 19.0 Å². The van der Waals surface area contributed by atoms with Crippen molar-refractivity contribution in [2.24, 2.45) is 5.73 Å². The van der Waals surface area contributed by atoms with E-state index in [1.165, 1.54) is 0 Å². The summed E-state index contributed by atoms with van der Waals surface area (Å²) in [5.74, 6) is -2.34. The molecule has 43 heavy (non-hydrogen) atoms. The minimum absolute atomic E-state index is 0.0999. The molecule has 1 amide bonds. The van der Waals surface area contributed by atoms with Crippen molar-refractivity contribution in [1.82, 2.24) is 15.1 Å². The van der Waals surface area contributed by atoms with Crippen LogP contribution in [0.25, 0.3) is 0 Å². The Balaban J connectivity index is 1.53. The number of amides is 1. The van der Waals surface area contributed by atoms with Gasteiger partial charge in [-0.05, 0) is 65.7 Å². The highest BCUT2D eigenvalue weighted by atomic mass is 16.6. The first kappa shape index (κ1) is 34.1. The Kier molecular flexibility index (Phi) is 11.0. The summed E-state index contributed by atoms with van der Waals surface area (Å²) < 4.78 is 22.2. The van der Waals surface area contributed by atoms with Crippen molar-refractivity contribution in [2.45, 2.75) is 83.3 Å². The van der Waals surface area contributed by atoms with E-state index in [0.717, 1.165) is 13.1 Å². The molecule has 0 bridgehead atoms. The maximum absolute atomic E-state index is 13.0. The van der Waals surface area contributed by atoms with Crippen LogP contribution in [0.2, 0.25) is 0 Å². The van der Waals surface area contributed by atoms with Crippen LogP contribution in [0.4, 0.5) is 4.79 Å². The minimum atomic E-state index is -2.25. The molecule has 0 aromatic heterocycles. The van der Waals surface area contributed by atoms with Gasteiger partial charge in [-0.15, -0.1) is 0 Å². The second kappa shape index (κ2) is 13.9. The van der Waals surface area contributed by atoms with Crippen LogP contribution in [0.5, 0.6) is 5.75 Å². The Morgan fingerprint density at radius 2 is 1.65 bits per heavy atom. The fourth-order valence-corrected chi connectivity index (χ4v) is 4.75. The minimum Gasteiger partial charge on any atom is -0.490 e. The molecule has 13 heteroatoms. The summed E-state index contributed by atoms with van der Waals surface area (Å²) in [6, 6.07) is 6.01. The zero-order valence-electron chi connectivity index (χ0n) is 26.0. The summed E-state index contributed by atoms with van der Waals surface area (Å²) in [5, 5.41) is 12.9. The molecular weight excluding hydrogens is 560 g/mol. The number of hydrogen-bond donors (Lipinski definition) is 3. The van der Waals surface area contributed by atoms with Crippen LogP contribution in [0.1, 0.15) is 53.5 Å². The summed E-state index contributed by atoms with van der Waals surface area (Å²) in [7, 11) is 0. The Hall–Kier alpha value is -3.42. The molecule has 2 fully saturated rings. The molecule has 0 aliphatic carbocycles. The molecule has 3 rings (SSSR count). The quantitative estimate of drug-likeness (QED) is 0.179. The summed E-state index contributed by atoms with van der Waals surface area (Å²) >= 11 is 0.